The van der Waals surface area contributed by atoms with E-state index in [1.807, 2.05) is 0 Å². The van der Waals surface area contributed by atoms with Gasteiger partial charge in [-0.15, -0.1) is 12.4 Å². The van der Waals surface area contributed by atoms with E-state index >= 15 is 0 Å². The van der Waals surface area contributed by atoms with Crippen LogP contribution in [0.5, 0.6) is 0 Å². The second-order valence-corrected chi connectivity index (χ2v) is 5.62. The molecule has 2 saturated heterocycles. The molecule has 0 aromatic heterocycles. The van der Waals surface area contributed by atoms with Crippen molar-refractivity contribution in [2.45, 2.75) is 50.2 Å². The van der Waals surface area contributed by atoms with Gasteiger partial charge in [-0.05, 0) is 32.7 Å². The van der Waals surface area contributed by atoms with E-state index in [1.165, 1.54) is 32.7 Å². The van der Waals surface area contributed by atoms with Gasteiger partial charge in [-0.1, -0.05) is 0 Å². The number of urea groups is 1. The topological polar surface area (TPSA) is 73.5 Å². The lowest BCUT2D eigenvalue weighted by Gasteiger charge is -2.35. The maximum Gasteiger partial charge on any atom is 0.321 e. The van der Waals surface area contributed by atoms with Crippen LogP contribution in [0.25, 0.3) is 0 Å². The monoisotopic (exact) mass is 304 g/mol. The molecule has 2 unspecified atom stereocenters. The summed E-state index contributed by atoms with van der Waals surface area (Å²) in [7, 11) is 3.57. The van der Waals surface area contributed by atoms with Crippen LogP contribution in [0.4, 0.5) is 4.79 Å². The lowest BCUT2D eigenvalue weighted by molar-refractivity contribution is -0.120. The predicted octanol–water partition coefficient (Wildman–Crippen LogP) is 0.469. The molecule has 7 heteroatoms. The van der Waals surface area contributed by atoms with Gasteiger partial charge in [-0.25, -0.2) is 4.79 Å². The van der Waals surface area contributed by atoms with E-state index < -0.39 is 6.03 Å². The Morgan fingerprint density at radius 2 is 1.85 bits per heavy atom. The van der Waals surface area contributed by atoms with Gasteiger partial charge < -0.3 is 15.5 Å². The van der Waals surface area contributed by atoms with Gasteiger partial charge in [0.1, 0.15) is 0 Å². The van der Waals surface area contributed by atoms with E-state index in [0.717, 1.165) is 0 Å². The Labute approximate surface area is 126 Å². The molecule has 0 aromatic carbocycles. The zero-order valence-corrected chi connectivity index (χ0v) is 13.0. The first kappa shape index (κ1) is 17.2. The van der Waals surface area contributed by atoms with Crippen molar-refractivity contribution in [1.29, 1.82) is 0 Å². The van der Waals surface area contributed by atoms with Gasteiger partial charge in [-0.3, -0.25) is 10.1 Å². The normalized spacial score (nSPS) is 27.9. The highest BCUT2D eigenvalue weighted by atomic mass is 35.5. The first-order valence-electron chi connectivity index (χ1n) is 7.06. The third kappa shape index (κ3) is 4.61. The summed E-state index contributed by atoms with van der Waals surface area (Å²) < 4.78 is 0. The molecular weight excluding hydrogens is 280 g/mol. The molecule has 0 saturated carbocycles. The van der Waals surface area contributed by atoms with Crippen LogP contribution in [-0.4, -0.2) is 55.6 Å². The van der Waals surface area contributed by atoms with Crippen molar-refractivity contribution in [3.63, 3.8) is 0 Å². The number of piperidine rings is 1. The Kier molecular flexibility index (Phi) is 6.71. The molecule has 2 rings (SSSR count). The minimum Gasteiger partial charge on any atom is -0.341 e. The van der Waals surface area contributed by atoms with Gasteiger partial charge in [0.25, 0.3) is 0 Å². The van der Waals surface area contributed by atoms with Crippen molar-refractivity contribution in [2.75, 3.05) is 20.6 Å². The van der Waals surface area contributed by atoms with E-state index in [9.17, 15) is 9.59 Å². The molecule has 116 valence electrons. The SMILES string of the molecule is CNC(=O)NC(=O)CCN(C)C1CC2CCC(C1)N2.Cl. The summed E-state index contributed by atoms with van der Waals surface area (Å²) in [5.41, 5.74) is 0. The van der Waals surface area contributed by atoms with Crippen LogP contribution in [0.3, 0.4) is 0 Å². The molecule has 2 atom stereocenters. The largest absolute Gasteiger partial charge is 0.341 e. The van der Waals surface area contributed by atoms with Gasteiger partial charge >= 0.3 is 6.03 Å². The molecule has 0 aliphatic carbocycles. The van der Waals surface area contributed by atoms with Crippen molar-refractivity contribution in [2.24, 2.45) is 0 Å². The molecule has 2 aliphatic heterocycles. The number of amides is 3. The Morgan fingerprint density at radius 1 is 1.25 bits per heavy atom. The summed E-state index contributed by atoms with van der Waals surface area (Å²) in [5.74, 6) is -0.219. The van der Waals surface area contributed by atoms with Crippen LogP contribution in [-0.2, 0) is 4.79 Å². The molecule has 3 N–H and O–H groups in total. The number of hydrogen-bond donors (Lipinski definition) is 3. The van der Waals surface area contributed by atoms with E-state index in [-0.39, 0.29) is 18.3 Å². The van der Waals surface area contributed by atoms with Gasteiger partial charge in [0.15, 0.2) is 0 Å². The number of nitrogens with one attached hydrogen (secondary N) is 3. The standard InChI is InChI=1S/C13H24N4O2.ClH/c1-14-13(19)16-12(18)5-6-17(2)11-7-9-3-4-10(8-11)15-9;/h9-11,15H,3-8H2,1-2H3,(H2,14,16,18,19);1H. The number of rotatable bonds is 4. The Balaban J connectivity index is 0.00000200. The van der Waals surface area contributed by atoms with Crippen LogP contribution in [0.2, 0.25) is 0 Å². The summed E-state index contributed by atoms with van der Waals surface area (Å²) in [6.07, 6.45) is 5.27. The zero-order chi connectivity index (χ0) is 13.8. The lowest BCUT2D eigenvalue weighted by atomic mass is 9.98. The fraction of sp³-hybridized carbons (Fsp3) is 0.846. The Bertz CT molecular complexity index is 341. The number of fused-ring (bicyclic) bond motifs is 2. The van der Waals surface area contributed by atoms with Gasteiger partial charge in [0, 0.05) is 38.1 Å². The second-order valence-electron chi connectivity index (χ2n) is 5.62. The van der Waals surface area contributed by atoms with Crippen LogP contribution in [0.15, 0.2) is 0 Å². The highest BCUT2D eigenvalue weighted by Crippen LogP contribution is 2.29. The fourth-order valence-corrected chi connectivity index (χ4v) is 3.10. The summed E-state index contributed by atoms with van der Waals surface area (Å²) in [6, 6.07) is 1.44. The quantitative estimate of drug-likeness (QED) is 0.706. The number of hydrogen-bond acceptors (Lipinski definition) is 4. The predicted molar refractivity (Wildman–Crippen MR) is 80.1 cm³/mol. The van der Waals surface area contributed by atoms with Crippen LogP contribution < -0.4 is 16.0 Å². The van der Waals surface area contributed by atoms with Gasteiger partial charge in [0.2, 0.25) is 5.91 Å². The third-order valence-corrected chi connectivity index (χ3v) is 4.24. The van der Waals surface area contributed by atoms with Crippen molar-refractivity contribution >= 4 is 24.3 Å². The fourth-order valence-electron chi connectivity index (χ4n) is 3.10. The molecule has 2 bridgehead atoms. The van der Waals surface area contributed by atoms with Crippen molar-refractivity contribution in [3.05, 3.63) is 0 Å². The van der Waals surface area contributed by atoms with Crippen molar-refractivity contribution < 1.29 is 9.59 Å². The third-order valence-electron chi connectivity index (χ3n) is 4.24. The maximum atomic E-state index is 11.5. The van der Waals surface area contributed by atoms with Crippen LogP contribution in [0, 0.1) is 0 Å². The summed E-state index contributed by atoms with van der Waals surface area (Å²) in [4.78, 5) is 24.8. The van der Waals surface area contributed by atoms with Crippen LogP contribution >= 0.6 is 12.4 Å². The summed E-state index contributed by atoms with van der Waals surface area (Å²) >= 11 is 0. The molecule has 2 aliphatic rings. The van der Waals surface area contributed by atoms with Gasteiger partial charge in [0.05, 0.1) is 0 Å². The van der Waals surface area contributed by atoms with Crippen molar-refractivity contribution in [3.8, 4) is 0 Å². The molecule has 2 fully saturated rings. The van der Waals surface area contributed by atoms with Crippen molar-refractivity contribution in [1.82, 2.24) is 20.9 Å². The Morgan fingerprint density at radius 3 is 2.40 bits per heavy atom. The smallest absolute Gasteiger partial charge is 0.321 e. The minimum atomic E-state index is -0.437. The Hall–Kier alpha value is -0.850. The molecule has 20 heavy (non-hydrogen) atoms. The number of carbonyl (C=O) groups is 2. The number of nitrogens with zero attached hydrogens (tertiary/aromatic N) is 1. The molecule has 0 spiro atoms. The molecule has 3 amide bonds. The molecular formula is C13H25ClN4O2. The average molecular weight is 305 g/mol. The second kappa shape index (κ2) is 7.81. The van der Waals surface area contributed by atoms with E-state index in [2.05, 4.69) is 27.9 Å². The van der Waals surface area contributed by atoms with E-state index in [4.69, 9.17) is 0 Å². The first-order valence-corrected chi connectivity index (χ1v) is 7.06. The average Bonchev–Trinajstić information content (AvgIpc) is 2.74. The molecule has 0 aromatic rings. The van der Waals surface area contributed by atoms with E-state index in [0.29, 0.717) is 31.1 Å². The van der Waals surface area contributed by atoms with Gasteiger partial charge in [-0.2, -0.15) is 0 Å². The number of imide groups is 1. The summed E-state index contributed by atoms with van der Waals surface area (Å²) in [5, 5.41) is 8.28. The molecule has 6 nitrogen and oxygen atoms in total. The summed E-state index contributed by atoms with van der Waals surface area (Å²) in [6.45, 7) is 0.701. The van der Waals surface area contributed by atoms with Crippen LogP contribution in [0.1, 0.15) is 32.1 Å². The minimum absolute atomic E-state index is 0. The highest BCUT2D eigenvalue weighted by Gasteiger charge is 2.34. The molecule has 2 heterocycles. The number of halogens is 1. The zero-order valence-electron chi connectivity index (χ0n) is 12.1. The number of carbonyl (C=O) groups excluding carboxylic acids is 2. The first-order chi connectivity index (χ1) is 9.08. The molecule has 0 radical (unpaired) electrons. The lowest BCUT2D eigenvalue weighted by Crippen LogP contribution is -2.47. The maximum absolute atomic E-state index is 11.5. The highest BCUT2D eigenvalue weighted by molar-refractivity contribution is 5.94. The van der Waals surface area contributed by atoms with E-state index in [1.54, 1.807) is 0 Å².